The summed E-state index contributed by atoms with van der Waals surface area (Å²) in [6.45, 7) is 3.56. The molecule has 0 N–H and O–H groups in total. The molecule has 4 rings (SSSR count). The van der Waals surface area contributed by atoms with Crippen LogP contribution >= 0.6 is 11.8 Å². The summed E-state index contributed by atoms with van der Waals surface area (Å²) in [4.78, 5) is 18.3. The monoisotopic (exact) mass is 393 g/mol. The van der Waals surface area contributed by atoms with Crippen LogP contribution in [0.25, 0.3) is 0 Å². The zero-order chi connectivity index (χ0) is 19.2. The number of anilines is 2. The van der Waals surface area contributed by atoms with Crippen molar-refractivity contribution in [1.82, 2.24) is 15.0 Å². The Labute approximate surface area is 169 Å². The summed E-state index contributed by atoms with van der Waals surface area (Å²) in [6, 6.07) is 14.3. The van der Waals surface area contributed by atoms with Crippen LogP contribution in [-0.2, 0) is 5.75 Å². The van der Waals surface area contributed by atoms with Crippen molar-refractivity contribution in [2.75, 3.05) is 43.1 Å². The van der Waals surface area contributed by atoms with Gasteiger partial charge in [-0.15, -0.1) is 11.8 Å². The smallest absolute Gasteiger partial charge is 0.148 e. The maximum atomic E-state index is 5.31. The topological polar surface area (TPSA) is 54.4 Å². The molecule has 6 nitrogen and oxygen atoms in total. The molecule has 0 amide bonds. The van der Waals surface area contributed by atoms with Gasteiger partial charge in [0.05, 0.1) is 19.5 Å². The number of benzene rings is 1. The lowest BCUT2D eigenvalue weighted by Crippen LogP contribution is -2.47. The zero-order valence-corrected chi connectivity index (χ0v) is 16.7. The molecule has 7 heteroatoms. The Morgan fingerprint density at radius 3 is 2.46 bits per heavy atom. The second-order valence-corrected chi connectivity index (χ2v) is 7.51. The Bertz CT molecular complexity index is 900. The molecule has 1 saturated heterocycles. The molecule has 1 aliphatic rings. The molecule has 1 fully saturated rings. The van der Waals surface area contributed by atoms with Crippen molar-refractivity contribution >= 4 is 23.4 Å². The lowest BCUT2D eigenvalue weighted by Gasteiger charge is -2.36. The standard InChI is InChI=1S/C21H23N5OS/c1-27-18-7-8-23-19(13-18)25-9-11-26(12-10-25)20-14-22-15-21(24-20)28-16-17-5-3-2-4-6-17/h2-8,13-15H,9-12,16H2,1H3. The van der Waals surface area contributed by atoms with Crippen LogP contribution in [0.3, 0.4) is 0 Å². The third-order valence-electron chi connectivity index (χ3n) is 4.71. The number of aromatic nitrogens is 3. The number of thioether (sulfide) groups is 1. The molecule has 3 heterocycles. The number of hydrogen-bond donors (Lipinski definition) is 0. The number of rotatable bonds is 6. The number of ether oxygens (including phenoxy) is 1. The van der Waals surface area contributed by atoms with Crippen molar-refractivity contribution < 1.29 is 4.74 Å². The molecule has 1 aliphatic heterocycles. The van der Waals surface area contributed by atoms with Crippen molar-refractivity contribution in [3.63, 3.8) is 0 Å². The summed E-state index contributed by atoms with van der Waals surface area (Å²) in [7, 11) is 1.68. The molecule has 1 aromatic carbocycles. The maximum absolute atomic E-state index is 5.31. The molecule has 0 spiro atoms. The van der Waals surface area contributed by atoms with Crippen LogP contribution in [0.15, 0.2) is 66.1 Å². The molecule has 0 unspecified atom stereocenters. The van der Waals surface area contributed by atoms with Gasteiger partial charge in [0.25, 0.3) is 0 Å². The first-order valence-electron chi connectivity index (χ1n) is 9.30. The fraction of sp³-hybridized carbons (Fsp3) is 0.286. The van der Waals surface area contributed by atoms with E-state index in [0.29, 0.717) is 0 Å². The minimum Gasteiger partial charge on any atom is -0.497 e. The van der Waals surface area contributed by atoms with Gasteiger partial charge in [-0.05, 0) is 11.6 Å². The third kappa shape index (κ3) is 4.54. The van der Waals surface area contributed by atoms with E-state index in [1.54, 1.807) is 25.1 Å². The average molecular weight is 394 g/mol. The molecule has 0 aliphatic carbocycles. The Hall–Kier alpha value is -2.80. The lowest BCUT2D eigenvalue weighted by molar-refractivity contribution is 0.414. The summed E-state index contributed by atoms with van der Waals surface area (Å²) < 4.78 is 5.31. The minimum atomic E-state index is 0.835. The number of piperazine rings is 1. The number of methoxy groups -OCH3 is 1. The first kappa shape index (κ1) is 18.6. The molecule has 0 saturated carbocycles. The van der Waals surface area contributed by atoms with E-state index in [2.05, 4.69) is 44.0 Å². The summed E-state index contributed by atoms with van der Waals surface area (Å²) in [5, 5.41) is 0.957. The molecule has 2 aromatic heterocycles. The largest absolute Gasteiger partial charge is 0.497 e. The predicted molar refractivity (Wildman–Crippen MR) is 113 cm³/mol. The molecular weight excluding hydrogens is 370 g/mol. The van der Waals surface area contributed by atoms with Gasteiger partial charge in [0, 0.05) is 44.2 Å². The summed E-state index contributed by atoms with van der Waals surface area (Å²) >= 11 is 1.72. The Balaban J connectivity index is 1.36. The van der Waals surface area contributed by atoms with Crippen LogP contribution in [0.5, 0.6) is 5.75 Å². The first-order valence-corrected chi connectivity index (χ1v) is 10.3. The van der Waals surface area contributed by atoms with Crippen LogP contribution in [0, 0.1) is 0 Å². The molecular formula is C21H23N5OS. The van der Waals surface area contributed by atoms with Gasteiger partial charge in [-0.2, -0.15) is 0 Å². The molecule has 0 radical (unpaired) electrons. The van der Waals surface area contributed by atoms with Crippen molar-refractivity contribution in [1.29, 1.82) is 0 Å². The van der Waals surface area contributed by atoms with E-state index in [-0.39, 0.29) is 0 Å². The Morgan fingerprint density at radius 1 is 0.964 bits per heavy atom. The van der Waals surface area contributed by atoms with Crippen LogP contribution in [0.2, 0.25) is 0 Å². The Morgan fingerprint density at radius 2 is 1.71 bits per heavy atom. The SMILES string of the molecule is COc1ccnc(N2CCN(c3cncc(SCc4ccccc4)n3)CC2)c1. The summed E-state index contributed by atoms with van der Waals surface area (Å²) in [6.07, 6.45) is 5.49. The van der Waals surface area contributed by atoms with E-state index < -0.39 is 0 Å². The highest BCUT2D eigenvalue weighted by molar-refractivity contribution is 7.98. The second-order valence-electron chi connectivity index (χ2n) is 6.52. The van der Waals surface area contributed by atoms with E-state index in [4.69, 9.17) is 9.72 Å². The van der Waals surface area contributed by atoms with E-state index in [1.807, 2.05) is 30.6 Å². The van der Waals surface area contributed by atoms with E-state index in [9.17, 15) is 0 Å². The molecule has 3 aromatic rings. The molecule has 144 valence electrons. The molecule has 0 atom stereocenters. The molecule has 0 bridgehead atoms. The van der Waals surface area contributed by atoms with Gasteiger partial charge in [-0.25, -0.2) is 9.97 Å². The van der Waals surface area contributed by atoms with Gasteiger partial charge in [-0.3, -0.25) is 4.98 Å². The quantitative estimate of drug-likeness (QED) is 0.594. The van der Waals surface area contributed by atoms with Crippen molar-refractivity contribution in [2.45, 2.75) is 10.8 Å². The maximum Gasteiger partial charge on any atom is 0.148 e. The molecule has 28 heavy (non-hydrogen) atoms. The van der Waals surface area contributed by atoms with Crippen molar-refractivity contribution in [2.24, 2.45) is 0 Å². The van der Waals surface area contributed by atoms with E-state index >= 15 is 0 Å². The van der Waals surface area contributed by atoms with Crippen LogP contribution in [-0.4, -0.2) is 48.2 Å². The van der Waals surface area contributed by atoms with Gasteiger partial charge in [0.2, 0.25) is 0 Å². The third-order valence-corrected chi connectivity index (χ3v) is 5.68. The van der Waals surface area contributed by atoms with E-state index in [1.165, 1.54) is 5.56 Å². The first-order chi connectivity index (χ1) is 13.8. The van der Waals surface area contributed by atoms with Gasteiger partial charge < -0.3 is 14.5 Å². The highest BCUT2D eigenvalue weighted by Gasteiger charge is 2.20. The van der Waals surface area contributed by atoms with Gasteiger partial charge in [0.1, 0.15) is 22.4 Å². The van der Waals surface area contributed by atoms with Gasteiger partial charge in [0.15, 0.2) is 0 Å². The summed E-state index contributed by atoms with van der Waals surface area (Å²) in [5.41, 5.74) is 1.29. The minimum absolute atomic E-state index is 0.835. The van der Waals surface area contributed by atoms with Crippen LogP contribution in [0.1, 0.15) is 5.56 Å². The zero-order valence-electron chi connectivity index (χ0n) is 15.9. The van der Waals surface area contributed by atoms with Crippen molar-refractivity contribution in [3.05, 3.63) is 66.6 Å². The van der Waals surface area contributed by atoms with Crippen LogP contribution < -0.4 is 14.5 Å². The second kappa shape index (κ2) is 8.93. The highest BCUT2D eigenvalue weighted by Crippen LogP contribution is 2.24. The normalized spacial score (nSPS) is 14.2. The Kier molecular flexibility index (Phi) is 5.92. The van der Waals surface area contributed by atoms with Crippen molar-refractivity contribution in [3.8, 4) is 5.75 Å². The fourth-order valence-corrected chi connectivity index (χ4v) is 3.96. The van der Waals surface area contributed by atoms with Gasteiger partial charge in [-0.1, -0.05) is 30.3 Å². The lowest BCUT2D eigenvalue weighted by atomic mass is 10.2. The van der Waals surface area contributed by atoms with E-state index in [0.717, 1.165) is 54.3 Å². The predicted octanol–water partition coefficient (Wildman–Crippen LogP) is 3.50. The number of pyridine rings is 1. The number of hydrogen-bond acceptors (Lipinski definition) is 7. The highest BCUT2D eigenvalue weighted by atomic mass is 32.2. The van der Waals surface area contributed by atoms with Gasteiger partial charge >= 0.3 is 0 Å². The number of nitrogens with zero attached hydrogens (tertiary/aromatic N) is 5. The fourth-order valence-electron chi connectivity index (χ4n) is 3.16. The average Bonchev–Trinajstić information content (AvgIpc) is 2.79. The summed E-state index contributed by atoms with van der Waals surface area (Å²) in [5.74, 6) is 3.63. The van der Waals surface area contributed by atoms with Crippen LogP contribution in [0.4, 0.5) is 11.6 Å².